The molecule has 1 aliphatic heterocycles. The highest BCUT2D eigenvalue weighted by atomic mass is 35.5. The van der Waals surface area contributed by atoms with Crippen molar-refractivity contribution in [2.24, 2.45) is 5.92 Å². The summed E-state index contributed by atoms with van der Waals surface area (Å²) >= 11 is 7.32. The first kappa shape index (κ1) is 22.2. The number of thiazole rings is 1. The lowest BCUT2D eigenvalue weighted by Gasteiger charge is -2.26. The molecule has 1 unspecified atom stereocenters. The summed E-state index contributed by atoms with van der Waals surface area (Å²) in [7, 11) is 0. The van der Waals surface area contributed by atoms with Gasteiger partial charge in [-0.05, 0) is 43.5 Å². The molecule has 4 rings (SSSR count). The number of aryl methyl sites for hydroxylation is 1. The standard InChI is InChI=1S/C24H22ClN3O3S/c1-13(2)12-19(28-22(30)17-6-4-5-7-18(17)23(28)31)21(29)27-24-26-20(14(3)32-24)15-8-10-16(25)11-9-15/h4-11,13,19H,12H2,1-3H3,(H,26,27,29). The first-order valence-electron chi connectivity index (χ1n) is 10.3. The third kappa shape index (κ3) is 4.18. The maximum absolute atomic E-state index is 13.3. The number of hydrogen-bond donors (Lipinski definition) is 1. The van der Waals surface area contributed by atoms with Gasteiger partial charge in [-0.15, -0.1) is 11.3 Å². The second-order valence-electron chi connectivity index (χ2n) is 8.09. The number of fused-ring (bicyclic) bond motifs is 1. The quantitative estimate of drug-likeness (QED) is 0.491. The number of hydrogen-bond acceptors (Lipinski definition) is 5. The monoisotopic (exact) mass is 467 g/mol. The average Bonchev–Trinajstić information content (AvgIpc) is 3.24. The number of nitrogens with zero attached hydrogens (tertiary/aromatic N) is 2. The van der Waals surface area contributed by atoms with Crippen molar-refractivity contribution in [2.75, 3.05) is 5.32 Å². The Kier molecular flexibility index (Phi) is 6.13. The van der Waals surface area contributed by atoms with E-state index in [1.165, 1.54) is 11.3 Å². The molecule has 8 heteroatoms. The van der Waals surface area contributed by atoms with Crippen LogP contribution in [0.15, 0.2) is 48.5 Å². The average molecular weight is 468 g/mol. The Morgan fingerprint density at radius 2 is 1.66 bits per heavy atom. The summed E-state index contributed by atoms with van der Waals surface area (Å²) in [5.74, 6) is -1.21. The van der Waals surface area contributed by atoms with Crippen molar-refractivity contribution in [3.8, 4) is 11.3 Å². The summed E-state index contributed by atoms with van der Waals surface area (Å²) in [5, 5.41) is 3.88. The van der Waals surface area contributed by atoms with Crippen molar-refractivity contribution >= 4 is 45.8 Å². The van der Waals surface area contributed by atoms with Crippen molar-refractivity contribution in [3.63, 3.8) is 0 Å². The molecule has 0 saturated heterocycles. The van der Waals surface area contributed by atoms with Gasteiger partial charge >= 0.3 is 0 Å². The van der Waals surface area contributed by atoms with Gasteiger partial charge in [-0.25, -0.2) is 4.98 Å². The number of carbonyl (C=O) groups is 3. The Morgan fingerprint density at radius 1 is 1.06 bits per heavy atom. The van der Waals surface area contributed by atoms with Gasteiger partial charge in [-0.1, -0.05) is 49.7 Å². The zero-order chi connectivity index (χ0) is 23.0. The highest BCUT2D eigenvalue weighted by Gasteiger charge is 2.43. The zero-order valence-corrected chi connectivity index (χ0v) is 19.5. The molecule has 0 fully saturated rings. The van der Waals surface area contributed by atoms with Crippen LogP contribution in [-0.4, -0.2) is 33.6 Å². The van der Waals surface area contributed by atoms with Crippen molar-refractivity contribution in [1.82, 2.24) is 9.88 Å². The predicted molar refractivity (Wildman–Crippen MR) is 126 cm³/mol. The summed E-state index contributed by atoms with van der Waals surface area (Å²) < 4.78 is 0. The highest BCUT2D eigenvalue weighted by Crippen LogP contribution is 2.32. The van der Waals surface area contributed by atoms with Crippen LogP contribution in [0.1, 0.15) is 45.9 Å². The van der Waals surface area contributed by atoms with Gasteiger partial charge in [0.2, 0.25) is 5.91 Å². The van der Waals surface area contributed by atoms with Gasteiger partial charge in [0, 0.05) is 15.5 Å². The summed E-state index contributed by atoms with van der Waals surface area (Å²) in [6, 6.07) is 13.0. The molecule has 32 heavy (non-hydrogen) atoms. The van der Waals surface area contributed by atoms with Gasteiger partial charge in [0.25, 0.3) is 11.8 Å². The number of nitrogens with one attached hydrogen (secondary N) is 1. The predicted octanol–water partition coefficient (Wildman–Crippen LogP) is 5.42. The minimum atomic E-state index is -0.925. The van der Waals surface area contributed by atoms with Crippen molar-refractivity contribution < 1.29 is 14.4 Å². The van der Waals surface area contributed by atoms with E-state index in [1.54, 1.807) is 36.4 Å². The van der Waals surface area contributed by atoms with Crippen LogP contribution in [-0.2, 0) is 4.79 Å². The molecule has 1 aliphatic rings. The van der Waals surface area contributed by atoms with Crippen LogP contribution in [0.4, 0.5) is 5.13 Å². The lowest BCUT2D eigenvalue weighted by atomic mass is 10.0. The number of carbonyl (C=O) groups excluding carboxylic acids is 3. The van der Waals surface area contributed by atoms with E-state index in [0.717, 1.165) is 21.0 Å². The van der Waals surface area contributed by atoms with Gasteiger partial charge in [0.15, 0.2) is 5.13 Å². The van der Waals surface area contributed by atoms with Crippen molar-refractivity contribution in [2.45, 2.75) is 33.2 Å². The molecule has 0 radical (unpaired) electrons. The Bertz CT molecular complexity index is 1170. The first-order valence-corrected chi connectivity index (χ1v) is 11.5. The van der Waals surface area contributed by atoms with E-state index in [0.29, 0.717) is 27.7 Å². The van der Waals surface area contributed by atoms with Gasteiger partial charge < -0.3 is 5.32 Å². The summed E-state index contributed by atoms with van der Waals surface area (Å²) in [6.07, 6.45) is 0.353. The molecule has 2 aromatic carbocycles. The summed E-state index contributed by atoms with van der Waals surface area (Å²) in [5.41, 5.74) is 2.30. The highest BCUT2D eigenvalue weighted by molar-refractivity contribution is 7.16. The van der Waals surface area contributed by atoms with Crippen LogP contribution >= 0.6 is 22.9 Å². The SMILES string of the molecule is Cc1sc(NC(=O)C(CC(C)C)N2C(=O)c3ccccc3C2=O)nc1-c1ccc(Cl)cc1. The second kappa shape index (κ2) is 8.84. The molecule has 0 spiro atoms. The second-order valence-corrected chi connectivity index (χ2v) is 9.73. The molecule has 164 valence electrons. The van der Waals surface area contributed by atoms with Gasteiger partial charge in [-0.2, -0.15) is 0 Å². The topological polar surface area (TPSA) is 79.4 Å². The number of rotatable bonds is 6. The number of anilines is 1. The fourth-order valence-corrected chi connectivity index (χ4v) is 4.75. The maximum atomic E-state index is 13.3. The molecule has 0 saturated carbocycles. The lowest BCUT2D eigenvalue weighted by Crippen LogP contribution is -2.47. The molecule has 6 nitrogen and oxygen atoms in total. The molecule has 1 atom stereocenters. The van der Waals surface area contributed by atoms with Crippen LogP contribution < -0.4 is 5.32 Å². The molecular formula is C24H22ClN3O3S. The number of aromatic nitrogens is 1. The zero-order valence-electron chi connectivity index (χ0n) is 17.9. The third-order valence-corrected chi connectivity index (χ3v) is 6.42. The first-order chi connectivity index (χ1) is 15.3. The molecular weight excluding hydrogens is 446 g/mol. The van der Waals surface area contributed by atoms with E-state index in [9.17, 15) is 14.4 Å². The number of amides is 3. The largest absolute Gasteiger partial charge is 0.300 e. The Morgan fingerprint density at radius 3 is 2.22 bits per heavy atom. The fraction of sp³-hybridized carbons (Fsp3) is 0.250. The van der Waals surface area contributed by atoms with Crippen LogP contribution in [0.5, 0.6) is 0 Å². The summed E-state index contributed by atoms with van der Waals surface area (Å²) in [6.45, 7) is 5.82. The Labute approximate surface area is 195 Å². The molecule has 0 aliphatic carbocycles. The third-order valence-electron chi connectivity index (χ3n) is 5.28. The fourth-order valence-electron chi connectivity index (χ4n) is 3.78. The van der Waals surface area contributed by atoms with Crippen LogP contribution in [0.3, 0.4) is 0 Å². The molecule has 3 amide bonds. The van der Waals surface area contributed by atoms with Gasteiger partial charge in [-0.3, -0.25) is 19.3 Å². The molecule has 3 aromatic rings. The molecule has 2 heterocycles. The smallest absolute Gasteiger partial charge is 0.262 e. The normalized spacial score (nSPS) is 14.1. The minimum Gasteiger partial charge on any atom is -0.300 e. The minimum absolute atomic E-state index is 0.0951. The van der Waals surface area contributed by atoms with E-state index >= 15 is 0 Å². The van der Waals surface area contributed by atoms with Gasteiger partial charge in [0.1, 0.15) is 6.04 Å². The Hall–Kier alpha value is -3.03. The van der Waals surface area contributed by atoms with Crippen LogP contribution in [0.25, 0.3) is 11.3 Å². The number of imide groups is 1. The van der Waals surface area contributed by atoms with E-state index in [1.807, 2.05) is 32.9 Å². The van der Waals surface area contributed by atoms with Gasteiger partial charge in [0.05, 0.1) is 16.8 Å². The Balaban J connectivity index is 1.60. The van der Waals surface area contributed by atoms with E-state index < -0.39 is 23.8 Å². The molecule has 0 bridgehead atoms. The molecule has 1 N–H and O–H groups in total. The number of benzene rings is 2. The van der Waals surface area contributed by atoms with E-state index in [4.69, 9.17) is 11.6 Å². The van der Waals surface area contributed by atoms with E-state index in [2.05, 4.69) is 10.3 Å². The number of halogens is 1. The maximum Gasteiger partial charge on any atom is 0.262 e. The van der Waals surface area contributed by atoms with Crippen LogP contribution in [0.2, 0.25) is 5.02 Å². The molecule has 1 aromatic heterocycles. The van der Waals surface area contributed by atoms with Crippen molar-refractivity contribution in [3.05, 3.63) is 69.6 Å². The van der Waals surface area contributed by atoms with Crippen LogP contribution in [0, 0.1) is 12.8 Å². The van der Waals surface area contributed by atoms with Crippen molar-refractivity contribution in [1.29, 1.82) is 0 Å². The lowest BCUT2D eigenvalue weighted by molar-refractivity contribution is -0.120. The summed E-state index contributed by atoms with van der Waals surface area (Å²) in [4.78, 5) is 45.8. The van der Waals surface area contributed by atoms with E-state index in [-0.39, 0.29) is 5.92 Å².